The van der Waals surface area contributed by atoms with Crippen LogP contribution in [0.5, 0.6) is 0 Å². The van der Waals surface area contributed by atoms with Crippen molar-refractivity contribution in [3.8, 4) is 11.4 Å². The number of fused-ring (bicyclic) bond motifs is 2. The molecule has 0 bridgehead atoms. The molecule has 0 unspecified atom stereocenters. The van der Waals surface area contributed by atoms with E-state index in [9.17, 15) is 14.4 Å². The zero-order chi connectivity index (χ0) is 19.4. The van der Waals surface area contributed by atoms with Gasteiger partial charge in [0.2, 0.25) is 17.6 Å². The first-order valence-corrected chi connectivity index (χ1v) is 9.48. The molecule has 5 rings (SSSR count). The third kappa shape index (κ3) is 2.48. The van der Waals surface area contributed by atoms with Crippen LogP contribution < -0.4 is 10.5 Å². The molecule has 28 heavy (non-hydrogen) atoms. The summed E-state index contributed by atoms with van der Waals surface area (Å²) in [5, 5.41) is 4.47. The highest BCUT2D eigenvalue weighted by molar-refractivity contribution is 6.21. The highest BCUT2D eigenvalue weighted by Gasteiger charge is 2.49. The molecule has 3 aromatic rings. The molecule has 3 heterocycles. The molecule has 1 N–H and O–H groups in total. The number of amides is 2. The number of rotatable bonds is 2. The summed E-state index contributed by atoms with van der Waals surface area (Å²) in [6.07, 6.45) is 3.31. The van der Waals surface area contributed by atoms with Crippen LogP contribution in [0.4, 0.5) is 5.82 Å². The minimum absolute atomic E-state index is 0.161. The first kappa shape index (κ1) is 16.9. The second-order valence-electron chi connectivity index (χ2n) is 7.54. The van der Waals surface area contributed by atoms with E-state index in [1.54, 1.807) is 0 Å². The van der Waals surface area contributed by atoms with Crippen molar-refractivity contribution >= 4 is 23.4 Å². The molecule has 1 saturated heterocycles. The Labute approximate surface area is 160 Å². The van der Waals surface area contributed by atoms with Crippen LogP contribution in [-0.2, 0) is 9.59 Å². The zero-order valence-electron chi connectivity index (χ0n) is 15.4. The number of aromatic amines is 1. The number of anilines is 1. The number of benzene rings is 1. The average Bonchev–Trinajstić information content (AvgIpc) is 3.22. The van der Waals surface area contributed by atoms with Crippen LogP contribution >= 0.6 is 0 Å². The number of H-pyrrole nitrogens is 1. The highest BCUT2D eigenvalue weighted by atomic mass is 16.2. The van der Waals surface area contributed by atoms with Crippen molar-refractivity contribution in [2.75, 3.05) is 4.90 Å². The van der Waals surface area contributed by atoms with Crippen molar-refractivity contribution in [1.29, 1.82) is 0 Å². The van der Waals surface area contributed by atoms with Crippen molar-refractivity contribution < 1.29 is 9.59 Å². The quantitative estimate of drug-likeness (QED) is 0.689. The number of imide groups is 1. The smallest absolute Gasteiger partial charge is 0.254 e. The Morgan fingerprint density at radius 1 is 1.00 bits per heavy atom. The summed E-state index contributed by atoms with van der Waals surface area (Å²) in [7, 11) is 0. The second-order valence-corrected chi connectivity index (χ2v) is 7.54. The van der Waals surface area contributed by atoms with E-state index >= 15 is 0 Å². The van der Waals surface area contributed by atoms with Gasteiger partial charge in [0.1, 0.15) is 0 Å². The Balaban J connectivity index is 1.65. The van der Waals surface area contributed by atoms with Crippen LogP contribution in [0.25, 0.3) is 17.2 Å². The molecule has 2 aromatic heterocycles. The van der Waals surface area contributed by atoms with Crippen molar-refractivity contribution in [2.45, 2.75) is 32.6 Å². The molecular weight excluding hydrogens is 358 g/mol. The van der Waals surface area contributed by atoms with Gasteiger partial charge in [0.05, 0.1) is 11.8 Å². The van der Waals surface area contributed by atoms with Crippen molar-refractivity contribution in [3.05, 3.63) is 46.2 Å². The zero-order valence-corrected chi connectivity index (χ0v) is 15.4. The van der Waals surface area contributed by atoms with Gasteiger partial charge in [-0.25, -0.2) is 4.90 Å². The monoisotopic (exact) mass is 377 g/mol. The number of carbonyl (C=O) groups excluding carboxylic acids is 2. The summed E-state index contributed by atoms with van der Waals surface area (Å²) in [5.74, 6) is -0.295. The predicted molar refractivity (Wildman–Crippen MR) is 102 cm³/mol. The van der Waals surface area contributed by atoms with Gasteiger partial charge in [-0.3, -0.25) is 19.4 Å². The highest BCUT2D eigenvalue weighted by Crippen LogP contribution is 2.39. The van der Waals surface area contributed by atoms with E-state index in [0.717, 1.165) is 28.9 Å². The van der Waals surface area contributed by atoms with Gasteiger partial charge in [-0.05, 0) is 19.8 Å². The molecular formula is C20H19N5O3. The molecule has 0 radical (unpaired) electrons. The number of carbonyl (C=O) groups is 2. The van der Waals surface area contributed by atoms with E-state index in [-0.39, 0.29) is 35.2 Å². The minimum Gasteiger partial charge on any atom is -0.291 e. The largest absolute Gasteiger partial charge is 0.291 e. The van der Waals surface area contributed by atoms with Crippen molar-refractivity contribution in [2.24, 2.45) is 11.8 Å². The maximum Gasteiger partial charge on any atom is 0.254 e. The van der Waals surface area contributed by atoms with Crippen LogP contribution in [0.2, 0.25) is 0 Å². The third-order valence-electron chi connectivity index (χ3n) is 5.70. The number of nitrogens with one attached hydrogen (secondary N) is 1. The van der Waals surface area contributed by atoms with E-state index in [1.807, 2.05) is 31.2 Å². The third-order valence-corrected chi connectivity index (χ3v) is 5.70. The Morgan fingerprint density at radius 3 is 2.29 bits per heavy atom. The molecule has 2 fully saturated rings. The normalized spacial score (nSPS) is 22.1. The van der Waals surface area contributed by atoms with Crippen LogP contribution in [0, 0.1) is 18.8 Å². The molecule has 2 amide bonds. The van der Waals surface area contributed by atoms with Gasteiger partial charge in [0.15, 0.2) is 11.6 Å². The maximum absolute atomic E-state index is 13.0. The van der Waals surface area contributed by atoms with E-state index < -0.39 is 5.56 Å². The fourth-order valence-electron chi connectivity index (χ4n) is 4.25. The number of aromatic nitrogens is 4. The molecule has 8 heteroatoms. The number of hydrogen-bond donors (Lipinski definition) is 1. The lowest BCUT2D eigenvalue weighted by Crippen LogP contribution is -2.34. The first-order valence-electron chi connectivity index (χ1n) is 9.48. The maximum atomic E-state index is 13.0. The Hall–Kier alpha value is -3.29. The fourth-order valence-corrected chi connectivity index (χ4v) is 4.25. The van der Waals surface area contributed by atoms with Crippen molar-refractivity contribution in [1.82, 2.24) is 19.6 Å². The van der Waals surface area contributed by atoms with Crippen LogP contribution in [0.3, 0.4) is 0 Å². The van der Waals surface area contributed by atoms with Gasteiger partial charge in [-0.1, -0.05) is 42.7 Å². The number of aryl methyl sites for hydroxylation is 1. The molecule has 1 saturated carbocycles. The summed E-state index contributed by atoms with van der Waals surface area (Å²) in [5.41, 5.74) is 1.46. The lowest BCUT2D eigenvalue weighted by molar-refractivity contribution is -0.122. The molecule has 1 aliphatic heterocycles. The SMILES string of the molecule is Cc1ccc(-c2nc3[nH]c(=O)cc(N4C(=O)[C@@H]5CCCC[C@H]5C4=O)n3n2)cc1. The Bertz CT molecular complexity index is 1140. The summed E-state index contributed by atoms with van der Waals surface area (Å²) >= 11 is 0. The lowest BCUT2D eigenvalue weighted by atomic mass is 9.81. The molecule has 0 spiro atoms. The predicted octanol–water partition coefficient (Wildman–Crippen LogP) is 2.07. The van der Waals surface area contributed by atoms with E-state index in [0.29, 0.717) is 18.7 Å². The molecule has 142 valence electrons. The summed E-state index contributed by atoms with van der Waals surface area (Å²) in [6.45, 7) is 1.99. The van der Waals surface area contributed by atoms with Gasteiger partial charge in [-0.2, -0.15) is 9.50 Å². The van der Waals surface area contributed by atoms with Gasteiger partial charge < -0.3 is 0 Å². The number of hydrogen-bond acceptors (Lipinski definition) is 5. The second kappa shape index (κ2) is 6.12. The first-order chi connectivity index (χ1) is 13.5. The van der Waals surface area contributed by atoms with Gasteiger partial charge in [-0.15, -0.1) is 5.10 Å². The van der Waals surface area contributed by atoms with Crippen LogP contribution in [0.1, 0.15) is 31.2 Å². The van der Waals surface area contributed by atoms with Gasteiger partial charge in [0, 0.05) is 11.6 Å². The molecule has 1 aromatic carbocycles. The van der Waals surface area contributed by atoms with Crippen molar-refractivity contribution in [3.63, 3.8) is 0 Å². The van der Waals surface area contributed by atoms with Gasteiger partial charge in [0.25, 0.3) is 5.56 Å². The lowest BCUT2D eigenvalue weighted by Gasteiger charge is -2.19. The van der Waals surface area contributed by atoms with E-state index in [2.05, 4.69) is 15.1 Å². The number of nitrogens with zero attached hydrogens (tertiary/aromatic N) is 4. The summed E-state index contributed by atoms with van der Waals surface area (Å²) < 4.78 is 1.38. The summed E-state index contributed by atoms with van der Waals surface area (Å²) in [4.78, 5) is 46.3. The average molecular weight is 377 g/mol. The Morgan fingerprint density at radius 2 is 1.64 bits per heavy atom. The molecule has 2 aliphatic rings. The summed E-state index contributed by atoms with van der Waals surface area (Å²) in [6, 6.07) is 8.92. The van der Waals surface area contributed by atoms with E-state index in [4.69, 9.17) is 0 Å². The van der Waals surface area contributed by atoms with E-state index in [1.165, 1.54) is 10.6 Å². The molecule has 8 nitrogen and oxygen atoms in total. The van der Waals surface area contributed by atoms with Crippen LogP contribution in [-0.4, -0.2) is 31.4 Å². The van der Waals surface area contributed by atoms with Gasteiger partial charge >= 0.3 is 0 Å². The standard InChI is InChI=1S/C20H19N5O3/c1-11-6-8-12(9-7-11)17-22-20-21-15(26)10-16(25(20)23-17)24-18(27)13-4-2-3-5-14(13)19(24)28/h6-10,13-14H,2-5H2,1H3,(H,21,22,23,26)/t13-,14-/m1/s1. The Kier molecular flexibility index (Phi) is 3.68. The molecule has 1 aliphatic carbocycles. The minimum atomic E-state index is -0.430. The van der Waals surface area contributed by atoms with Crippen LogP contribution in [0.15, 0.2) is 35.1 Å². The molecule has 2 atom stereocenters. The topological polar surface area (TPSA) is 100 Å². The fraction of sp³-hybridized carbons (Fsp3) is 0.350.